The van der Waals surface area contributed by atoms with Crippen molar-refractivity contribution in [2.24, 2.45) is 0 Å². The summed E-state index contributed by atoms with van der Waals surface area (Å²) in [6, 6.07) is 6.70. The highest BCUT2D eigenvalue weighted by atomic mass is 32.2. The van der Waals surface area contributed by atoms with E-state index in [9.17, 15) is 8.42 Å². The first-order chi connectivity index (χ1) is 14.4. The van der Waals surface area contributed by atoms with E-state index in [1.54, 1.807) is 17.0 Å². The maximum atomic E-state index is 11.2. The number of nitrogens with zero attached hydrogens (tertiary/aromatic N) is 1. The lowest BCUT2D eigenvalue weighted by Gasteiger charge is -2.17. The van der Waals surface area contributed by atoms with Crippen LogP contribution >= 0.6 is 0 Å². The standard InChI is InChI=1S/C16H26O3S.C6H15NO3/c1-2-3-4-5-6-7-8-9-12-15-13-10-11-14-16(15)20(17,18)19;8-4-1-7(2-5-9)3-6-10/h10-11,13-14H,2-9,12H2,1H3,(H,17,18,19);8-10H,1-6H2. The van der Waals surface area contributed by atoms with Crippen molar-refractivity contribution in [2.75, 3.05) is 39.5 Å². The molecule has 0 saturated heterocycles. The van der Waals surface area contributed by atoms with E-state index in [2.05, 4.69) is 6.92 Å². The molecule has 4 N–H and O–H groups in total. The highest BCUT2D eigenvalue weighted by Crippen LogP contribution is 2.18. The van der Waals surface area contributed by atoms with Crippen molar-refractivity contribution in [1.82, 2.24) is 4.90 Å². The van der Waals surface area contributed by atoms with E-state index in [-0.39, 0.29) is 24.7 Å². The third kappa shape index (κ3) is 14.9. The molecule has 0 saturated carbocycles. The summed E-state index contributed by atoms with van der Waals surface area (Å²) in [5, 5.41) is 25.5. The van der Waals surface area contributed by atoms with Gasteiger partial charge in [-0.25, -0.2) is 0 Å². The first-order valence-corrected chi connectivity index (χ1v) is 12.4. The summed E-state index contributed by atoms with van der Waals surface area (Å²) in [7, 11) is -4.09. The minimum absolute atomic E-state index is 0.0583. The van der Waals surface area contributed by atoms with Gasteiger partial charge in [-0.15, -0.1) is 0 Å². The molecule has 176 valence electrons. The zero-order valence-corrected chi connectivity index (χ0v) is 19.2. The Labute approximate surface area is 182 Å². The summed E-state index contributed by atoms with van der Waals surface area (Å²) < 4.78 is 31.7. The molecule has 30 heavy (non-hydrogen) atoms. The van der Waals surface area contributed by atoms with Crippen molar-refractivity contribution >= 4 is 10.1 Å². The number of unbranched alkanes of at least 4 members (excludes halogenated alkanes) is 7. The van der Waals surface area contributed by atoms with E-state index in [4.69, 9.17) is 19.9 Å². The van der Waals surface area contributed by atoms with Gasteiger partial charge in [0.25, 0.3) is 10.1 Å². The van der Waals surface area contributed by atoms with Crippen molar-refractivity contribution in [2.45, 2.75) is 69.6 Å². The smallest absolute Gasteiger partial charge is 0.294 e. The van der Waals surface area contributed by atoms with E-state index in [1.807, 2.05) is 6.07 Å². The van der Waals surface area contributed by atoms with E-state index in [0.29, 0.717) is 26.1 Å². The molecule has 0 atom stereocenters. The second-order valence-electron chi connectivity index (χ2n) is 7.32. The molecule has 0 aliphatic rings. The fraction of sp³-hybridized carbons (Fsp3) is 0.727. The summed E-state index contributed by atoms with van der Waals surface area (Å²) in [5.74, 6) is 0. The van der Waals surface area contributed by atoms with Crippen LogP contribution in [0.4, 0.5) is 0 Å². The van der Waals surface area contributed by atoms with E-state index >= 15 is 0 Å². The van der Waals surface area contributed by atoms with Crippen molar-refractivity contribution in [3.8, 4) is 0 Å². The third-order valence-electron chi connectivity index (χ3n) is 4.80. The van der Waals surface area contributed by atoms with Gasteiger partial charge in [0.05, 0.1) is 24.7 Å². The Morgan fingerprint density at radius 1 is 0.767 bits per heavy atom. The van der Waals surface area contributed by atoms with Gasteiger partial charge < -0.3 is 15.3 Å². The molecule has 0 aliphatic heterocycles. The van der Waals surface area contributed by atoms with Crippen LogP contribution in [0.15, 0.2) is 29.2 Å². The number of hydrogen-bond acceptors (Lipinski definition) is 6. The van der Waals surface area contributed by atoms with Crippen molar-refractivity contribution in [3.63, 3.8) is 0 Å². The Balaban J connectivity index is 0.000000710. The van der Waals surface area contributed by atoms with Gasteiger partial charge in [-0.1, -0.05) is 70.1 Å². The molecule has 0 aliphatic carbocycles. The molecule has 0 bridgehead atoms. The van der Waals surface area contributed by atoms with Gasteiger partial charge in [0.2, 0.25) is 0 Å². The number of rotatable bonds is 16. The predicted octanol–water partition coefficient (Wildman–Crippen LogP) is 2.88. The second-order valence-corrected chi connectivity index (χ2v) is 8.71. The summed E-state index contributed by atoms with van der Waals surface area (Å²) in [6.07, 6.45) is 10.5. The van der Waals surface area contributed by atoms with Crippen LogP contribution in [-0.4, -0.2) is 72.6 Å². The molecule has 0 fully saturated rings. The van der Waals surface area contributed by atoms with Crippen molar-refractivity contribution in [1.29, 1.82) is 0 Å². The predicted molar refractivity (Wildman–Crippen MR) is 120 cm³/mol. The Bertz CT molecular complexity index is 610. The Hall–Kier alpha value is -1.03. The van der Waals surface area contributed by atoms with Crippen LogP contribution in [-0.2, 0) is 16.5 Å². The number of aryl methyl sites for hydroxylation is 1. The average molecular weight is 448 g/mol. The molecular formula is C22H41NO6S. The summed E-state index contributed by atoms with van der Waals surface area (Å²) in [4.78, 5) is 1.85. The minimum Gasteiger partial charge on any atom is -0.395 e. The second kappa shape index (κ2) is 18.7. The number of hydrogen-bond donors (Lipinski definition) is 4. The molecule has 0 amide bonds. The van der Waals surface area contributed by atoms with Gasteiger partial charge in [0.1, 0.15) is 0 Å². The fourth-order valence-corrected chi connectivity index (χ4v) is 3.92. The maximum Gasteiger partial charge on any atom is 0.294 e. The number of aliphatic hydroxyl groups is 3. The Morgan fingerprint density at radius 2 is 1.23 bits per heavy atom. The van der Waals surface area contributed by atoms with Crippen LogP contribution in [0, 0.1) is 0 Å². The molecular weight excluding hydrogens is 406 g/mol. The molecule has 0 unspecified atom stereocenters. The SMILES string of the molecule is CCCCCCCCCCc1ccccc1S(=O)(=O)O.OCCN(CCO)CCO. The quantitative estimate of drug-likeness (QED) is 0.227. The lowest BCUT2D eigenvalue weighted by atomic mass is 10.0. The van der Waals surface area contributed by atoms with E-state index < -0.39 is 10.1 Å². The van der Waals surface area contributed by atoms with Crippen LogP contribution in [0.3, 0.4) is 0 Å². The van der Waals surface area contributed by atoms with Crippen LogP contribution in [0.2, 0.25) is 0 Å². The summed E-state index contributed by atoms with van der Waals surface area (Å²) in [5.41, 5.74) is 0.723. The lowest BCUT2D eigenvalue weighted by Crippen LogP contribution is -2.32. The zero-order valence-electron chi connectivity index (χ0n) is 18.4. The molecule has 0 heterocycles. The largest absolute Gasteiger partial charge is 0.395 e. The third-order valence-corrected chi connectivity index (χ3v) is 5.75. The van der Waals surface area contributed by atoms with E-state index in [0.717, 1.165) is 18.4 Å². The monoisotopic (exact) mass is 447 g/mol. The van der Waals surface area contributed by atoms with Gasteiger partial charge in [-0.3, -0.25) is 9.45 Å². The molecule has 0 radical (unpaired) electrons. The molecule has 1 aromatic carbocycles. The molecule has 1 rings (SSSR count). The minimum atomic E-state index is -4.09. The molecule has 0 spiro atoms. The fourth-order valence-electron chi connectivity index (χ4n) is 3.17. The van der Waals surface area contributed by atoms with Gasteiger partial charge in [0, 0.05) is 19.6 Å². The maximum absolute atomic E-state index is 11.2. The van der Waals surface area contributed by atoms with Crippen LogP contribution in [0.25, 0.3) is 0 Å². The molecule has 0 aromatic heterocycles. The average Bonchev–Trinajstić information content (AvgIpc) is 2.71. The lowest BCUT2D eigenvalue weighted by molar-refractivity contribution is 0.136. The van der Waals surface area contributed by atoms with Gasteiger partial charge in [-0.2, -0.15) is 8.42 Å². The van der Waals surface area contributed by atoms with Crippen LogP contribution < -0.4 is 0 Å². The molecule has 1 aromatic rings. The van der Waals surface area contributed by atoms with Gasteiger partial charge in [-0.05, 0) is 24.5 Å². The first kappa shape index (κ1) is 29.0. The van der Waals surface area contributed by atoms with Crippen LogP contribution in [0.1, 0.15) is 63.9 Å². The van der Waals surface area contributed by atoms with Crippen LogP contribution in [0.5, 0.6) is 0 Å². The van der Waals surface area contributed by atoms with Crippen molar-refractivity contribution < 1.29 is 28.3 Å². The number of aliphatic hydroxyl groups excluding tert-OH is 3. The Kier molecular flexibility index (Phi) is 18.1. The topological polar surface area (TPSA) is 118 Å². The van der Waals surface area contributed by atoms with Crippen molar-refractivity contribution in [3.05, 3.63) is 29.8 Å². The zero-order chi connectivity index (χ0) is 22.7. The molecule has 7 nitrogen and oxygen atoms in total. The highest BCUT2D eigenvalue weighted by Gasteiger charge is 2.13. The Morgan fingerprint density at radius 3 is 1.70 bits per heavy atom. The van der Waals surface area contributed by atoms with Gasteiger partial charge >= 0.3 is 0 Å². The normalized spacial score (nSPS) is 11.4. The van der Waals surface area contributed by atoms with E-state index in [1.165, 1.54) is 44.6 Å². The van der Waals surface area contributed by atoms with Gasteiger partial charge in [0.15, 0.2) is 0 Å². The number of benzene rings is 1. The summed E-state index contributed by atoms with van der Waals surface area (Å²) >= 11 is 0. The first-order valence-electron chi connectivity index (χ1n) is 11.0. The summed E-state index contributed by atoms with van der Waals surface area (Å²) in [6.45, 7) is 3.97. The highest BCUT2D eigenvalue weighted by molar-refractivity contribution is 7.85. The molecule has 8 heteroatoms.